The third kappa shape index (κ3) is 4.01. The molecule has 164 valence electrons. The SMILES string of the molecule is COc1ccc2[nH]c(=O)c([C@H](c3nnnn3Cc3ccccc3)N3CCCCC3)cc2c1. The Bertz CT molecular complexity index is 1260. The van der Waals surface area contributed by atoms with Crippen LogP contribution >= 0.6 is 0 Å². The lowest BCUT2D eigenvalue weighted by atomic mass is 10.0. The zero-order valence-corrected chi connectivity index (χ0v) is 18.1. The summed E-state index contributed by atoms with van der Waals surface area (Å²) in [5, 5.41) is 13.6. The summed E-state index contributed by atoms with van der Waals surface area (Å²) in [6.45, 7) is 2.35. The fourth-order valence-corrected chi connectivity index (χ4v) is 4.48. The molecule has 3 heterocycles. The Hall–Kier alpha value is -3.52. The summed E-state index contributed by atoms with van der Waals surface area (Å²) in [6.07, 6.45) is 3.38. The Morgan fingerprint density at radius 3 is 2.66 bits per heavy atom. The standard InChI is InChI=1S/C24H26N6O2/c1-32-19-10-11-21-18(14-19)15-20(24(31)25-21)22(29-12-6-3-7-13-29)23-26-27-28-30(23)16-17-8-4-2-5-9-17/h2,4-5,8-11,14-15,22H,3,6-7,12-13,16H2,1H3,(H,25,31)/t22-/m1/s1. The van der Waals surface area contributed by atoms with Crippen molar-refractivity contribution < 1.29 is 4.74 Å². The largest absolute Gasteiger partial charge is 0.497 e. The van der Waals surface area contributed by atoms with Gasteiger partial charge in [-0.2, -0.15) is 0 Å². The smallest absolute Gasteiger partial charge is 0.253 e. The third-order valence-corrected chi connectivity index (χ3v) is 6.11. The summed E-state index contributed by atoms with van der Waals surface area (Å²) >= 11 is 0. The van der Waals surface area contributed by atoms with Gasteiger partial charge in [-0.3, -0.25) is 9.69 Å². The maximum atomic E-state index is 13.2. The number of aromatic nitrogens is 5. The molecule has 0 saturated carbocycles. The predicted molar refractivity (Wildman–Crippen MR) is 122 cm³/mol. The predicted octanol–water partition coefficient (Wildman–Crippen LogP) is 3.15. The second kappa shape index (κ2) is 8.92. The van der Waals surface area contributed by atoms with Crippen LogP contribution in [-0.4, -0.2) is 50.3 Å². The molecule has 1 saturated heterocycles. The maximum absolute atomic E-state index is 13.2. The van der Waals surface area contributed by atoms with E-state index < -0.39 is 0 Å². The molecule has 2 aromatic carbocycles. The van der Waals surface area contributed by atoms with E-state index in [4.69, 9.17) is 4.74 Å². The van der Waals surface area contributed by atoms with Crippen molar-refractivity contribution in [3.63, 3.8) is 0 Å². The molecule has 0 radical (unpaired) electrons. The number of H-pyrrole nitrogens is 1. The van der Waals surface area contributed by atoms with E-state index in [0.29, 0.717) is 17.9 Å². The van der Waals surface area contributed by atoms with E-state index >= 15 is 0 Å². The number of benzene rings is 2. The second-order valence-electron chi connectivity index (χ2n) is 8.19. The molecule has 8 nitrogen and oxygen atoms in total. The average Bonchev–Trinajstić information content (AvgIpc) is 3.28. The van der Waals surface area contributed by atoms with Crippen molar-refractivity contribution in [2.24, 2.45) is 0 Å². The summed E-state index contributed by atoms with van der Waals surface area (Å²) < 4.78 is 7.20. The lowest BCUT2D eigenvalue weighted by Crippen LogP contribution is -2.38. The van der Waals surface area contributed by atoms with Gasteiger partial charge >= 0.3 is 0 Å². The van der Waals surface area contributed by atoms with Gasteiger partial charge in [0.2, 0.25) is 0 Å². The highest BCUT2D eigenvalue weighted by Gasteiger charge is 2.31. The van der Waals surface area contributed by atoms with Crippen LogP contribution in [0.1, 0.15) is 42.3 Å². The first-order chi connectivity index (χ1) is 15.7. The van der Waals surface area contributed by atoms with Gasteiger partial charge in [-0.25, -0.2) is 4.68 Å². The molecule has 2 aromatic heterocycles. The number of nitrogens with zero attached hydrogens (tertiary/aromatic N) is 5. The van der Waals surface area contributed by atoms with Crippen LogP contribution < -0.4 is 10.3 Å². The van der Waals surface area contributed by atoms with Gasteiger partial charge in [-0.1, -0.05) is 36.8 Å². The summed E-state index contributed by atoms with van der Waals surface area (Å²) in [6, 6.07) is 17.4. The van der Waals surface area contributed by atoms with E-state index in [-0.39, 0.29) is 11.6 Å². The Balaban J connectivity index is 1.62. The highest BCUT2D eigenvalue weighted by molar-refractivity contribution is 5.80. The van der Waals surface area contributed by atoms with Crippen molar-refractivity contribution in [3.05, 3.63) is 81.9 Å². The van der Waals surface area contributed by atoms with Crippen molar-refractivity contribution in [1.82, 2.24) is 30.1 Å². The number of aromatic amines is 1. The zero-order chi connectivity index (χ0) is 21.9. The molecule has 4 aromatic rings. The van der Waals surface area contributed by atoms with Crippen molar-refractivity contribution in [2.75, 3.05) is 20.2 Å². The Morgan fingerprint density at radius 1 is 1.06 bits per heavy atom. The number of piperidine rings is 1. The Kier molecular flexibility index (Phi) is 5.68. The third-order valence-electron chi connectivity index (χ3n) is 6.11. The van der Waals surface area contributed by atoms with Gasteiger partial charge in [0.05, 0.1) is 13.7 Å². The van der Waals surface area contributed by atoms with Crippen LogP contribution in [-0.2, 0) is 6.54 Å². The summed E-state index contributed by atoms with van der Waals surface area (Å²) in [7, 11) is 1.64. The van der Waals surface area contributed by atoms with Crippen LogP contribution in [0.3, 0.4) is 0 Å². The van der Waals surface area contributed by atoms with Gasteiger partial charge in [0.25, 0.3) is 5.56 Å². The number of fused-ring (bicyclic) bond motifs is 1. The number of ether oxygens (including phenoxy) is 1. The number of pyridine rings is 1. The van der Waals surface area contributed by atoms with Crippen LogP contribution in [0.4, 0.5) is 0 Å². The number of methoxy groups -OCH3 is 1. The number of hydrogen-bond acceptors (Lipinski definition) is 6. The highest BCUT2D eigenvalue weighted by Crippen LogP contribution is 2.30. The monoisotopic (exact) mass is 430 g/mol. The fraction of sp³-hybridized carbons (Fsp3) is 0.333. The first kappa shape index (κ1) is 20.4. The van der Waals surface area contributed by atoms with Crippen LogP contribution in [0, 0.1) is 0 Å². The van der Waals surface area contributed by atoms with E-state index in [0.717, 1.165) is 48.1 Å². The minimum atomic E-state index is -0.326. The van der Waals surface area contributed by atoms with Gasteiger partial charge in [0.15, 0.2) is 5.82 Å². The van der Waals surface area contributed by atoms with E-state index in [1.54, 1.807) is 7.11 Å². The number of rotatable bonds is 6. The molecule has 0 amide bonds. The van der Waals surface area contributed by atoms with E-state index in [9.17, 15) is 4.79 Å². The van der Waals surface area contributed by atoms with Gasteiger partial charge in [-0.15, -0.1) is 5.10 Å². The second-order valence-corrected chi connectivity index (χ2v) is 8.19. The van der Waals surface area contributed by atoms with Crippen molar-refractivity contribution in [3.8, 4) is 5.75 Å². The van der Waals surface area contributed by atoms with Crippen LogP contribution in [0.25, 0.3) is 10.9 Å². The van der Waals surface area contributed by atoms with E-state index in [1.165, 1.54) is 6.42 Å². The van der Waals surface area contributed by atoms with Crippen LogP contribution in [0.15, 0.2) is 59.4 Å². The summed E-state index contributed by atoms with van der Waals surface area (Å²) in [4.78, 5) is 18.6. The zero-order valence-electron chi connectivity index (χ0n) is 18.1. The molecule has 1 fully saturated rings. The number of hydrogen-bond donors (Lipinski definition) is 1. The number of tetrazole rings is 1. The van der Waals surface area contributed by atoms with Crippen LogP contribution in [0.2, 0.25) is 0 Å². The summed E-state index contributed by atoms with van der Waals surface area (Å²) in [5.74, 6) is 1.43. The lowest BCUT2D eigenvalue weighted by molar-refractivity contribution is 0.177. The average molecular weight is 431 g/mol. The first-order valence-corrected chi connectivity index (χ1v) is 11.0. The van der Waals surface area contributed by atoms with Gasteiger partial charge in [0, 0.05) is 16.5 Å². The summed E-state index contributed by atoms with van der Waals surface area (Å²) in [5.41, 5.74) is 2.42. The lowest BCUT2D eigenvalue weighted by Gasteiger charge is -2.33. The molecular formula is C24H26N6O2. The van der Waals surface area contributed by atoms with Gasteiger partial charge < -0.3 is 9.72 Å². The molecule has 0 spiro atoms. The first-order valence-electron chi connectivity index (χ1n) is 11.0. The normalized spacial score (nSPS) is 15.7. The molecular weight excluding hydrogens is 404 g/mol. The molecule has 32 heavy (non-hydrogen) atoms. The van der Waals surface area contributed by atoms with Crippen molar-refractivity contribution >= 4 is 10.9 Å². The molecule has 5 rings (SSSR count). The minimum Gasteiger partial charge on any atom is -0.497 e. The minimum absolute atomic E-state index is 0.118. The van der Waals surface area contributed by atoms with Crippen molar-refractivity contribution in [1.29, 1.82) is 0 Å². The Labute approximate surface area is 185 Å². The molecule has 1 N–H and O–H groups in total. The maximum Gasteiger partial charge on any atom is 0.253 e. The van der Waals surface area contributed by atoms with Gasteiger partial charge in [0.1, 0.15) is 11.8 Å². The molecule has 1 aliphatic heterocycles. The van der Waals surface area contributed by atoms with Crippen molar-refractivity contribution in [2.45, 2.75) is 31.8 Å². The molecule has 0 bridgehead atoms. The number of likely N-dealkylation sites (tertiary alicyclic amines) is 1. The topological polar surface area (TPSA) is 88.9 Å². The van der Waals surface area contributed by atoms with Crippen LogP contribution in [0.5, 0.6) is 5.75 Å². The molecule has 8 heteroatoms. The Morgan fingerprint density at radius 2 is 1.88 bits per heavy atom. The van der Waals surface area contributed by atoms with E-state index in [2.05, 4.69) is 37.5 Å². The highest BCUT2D eigenvalue weighted by atomic mass is 16.5. The fourth-order valence-electron chi connectivity index (χ4n) is 4.48. The quantitative estimate of drug-likeness (QED) is 0.506. The number of nitrogens with one attached hydrogen (secondary N) is 1. The molecule has 0 unspecified atom stereocenters. The molecule has 1 aliphatic rings. The molecule has 1 atom stereocenters. The molecule has 0 aliphatic carbocycles. The van der Waals surface area contributed by atoms with Gasteiger partial charge in [-0.05, 0) is 66.2 Å². The van der Waals surface area contributed by atoms with E-state index in [1.807, 2.05) is 47.1 Å².